The summed E-state index contributed by atoms with van der Waals surface area (Å²) < 4.78 is 39.4. The number of carbonyl (C=O) groups excluding carboxylic acids is 2. The number of hydrogen-bond donors (Lipinski definition) is 1. The Hall–Kier alpha value is -4.34. The first-order valence-electron chi connectivity index (χ1n) is 13.3. The van der Waals surface area contributed by atoms with Crippen LogP contribution < -0.4 is 14.4 Å². The number of fused-ring (bicyclic) bond motifs is 1. The number of hydrogen-bond acceptors (Lipinski definition) is 6. The fraction of sp³-hybridized carbons (Fsp3) is 0.188. The highest BCUT2D eigenvalue weighted by Crippen LogP contribution is 2.37. The summed E-state index contributed by atoms with van der Waals surface area (Å²) in [7, 11) is -2.71. The number of anilines is 1. The third-order valence-electron chi connectivity index (χ3n) is 6.99. The second-order valence-electron chi connectivity index (χ2n) is 9.72. The van der Waals surface area contributed by atoms with E-state index in [4.69, 9.17) is 16.3 Å². The number of para-hydroxylation sites is 1. The van der Waals surface area contributed by atoms with Crippen LogP contribution in [0.25, 0.3) is 11.1 Å². The molecule has 1 atom stereocenters. The first-order valence-corrected chi connectivity index (χ1v) is 15.1. The molecular formula is C32H29ClN2O6S. The monoisotopic (exact) mass is 604 g/mol. The van der Waals surface area contributed by atoms with Crippen molar-refractivity contribution < 1.29 is 27.5 Å². The summed E-state index contributed by atoms with van der Waals surface area (Å²) in [5.74, 6) is -0.159. The van der Waals surface area contributed by atoms with Crippen LogP contribution in [-0.4, -0.2) is 46.6 Å². The Kier molecular flexibility index (Phi) is 8.80. The third kappa shape index (κ3) is 6.42. The van der Waals surface area contributed by atoms with Crippen LogP contribution in [0.4, 0.5) is 5.69 Å². The zero-order chi connectivity index (χ0) is 29.7. The SMILES string of the molecule is COC(=O)Cc1ccc(OCCNC(=O)[C@@H]2Cc3ccccc3N2S(=O)(=O)c2ccc(-c3ccc(Cl)cc3)cc2)cc1. The average Bonchev–Trinajstić information content (AvgIpc) is 3.41. The van der Waals surface area contributed by atoms with Crippen molar-refractivity contribution in [3.63, 3.8) is 0 Å². The second-order valence-corrected chi connectivity index (χ2v) is 12.0. The lowest BCUT2D eigenvalue weighted by Gasteiger charge is -2.26. The van der Waals surface area contributed by atoms with Crippen LogP contribution in [0.1, 0.15) is 11.1 Å². The summed E-state index contributed by atoms with van der Waals surface area (Å²) >= 11 is 5.99. The zero-order valence-corrected chi connectivity index (χ0v) is 24.4. The zero-order valence-electron chi connectivity index (χ0n) is 22.8. The molecule has 1 heterocycles. The van der Waals surface area contributed by atoms with Gasteiger partial charge < -0.3 is 14.8 Å². The van der Waals surface area contributed by atoms with Gasteiger partial charge in [0.15, 0.2) is 0 Å². The molecule has 0 radical (unpaired) electrons. The fourth-order valence-corrected chi connectivity index (χ4v) is 6.61. The van der Waals surface area contributed by atoms with Crippen LogP contribution in [-0.2, 0) is 37.2 Å². The predicted molar refractivity (Wildman–Crippen MR) is 161 cm³/mol. The van der Waals surface area contributed by atoms with Gasteiger partial charge in [0.1, 0.15) is 18.4 Å². The number of amides is 1. The molecule has 0 saturated heterocycles. The molecule has 1 amide bonds. The summed E-state index contributed by atoms with van der Waals surface area (Å²) in [5.41, 5.74) is 3.82. The molecule has 4 aromatic carbocycles. The number of sulfonamides is 1. The molecule has 5 rings (SSSR count). The summed E-state index contributed by atoms with van der Waals surface area (Å²) in [6.45, 7) is 0.361. The minimum absolute atomic E-state index is 0.0914. The van der Waals surface area contributed by atoms with Crippen molar-refractivity contribution >= 4 is 39.2 Å². The molecule has 216 valence electrons. The van der Waals surface area contributed by atoms with Gasteiger partial charge >= 0.3 is 5.97 Å². The molecular weight excluding hydrogens is 576 g/mol. The highest BCUT2D eigenvalue weighted by Gasteiger charge is 2.42. The van der Waals surface area contributed by atoms with Gasteiger partial charge in [-0.15, -0.1) is 0 Å². The second kappa shape index (κ2) is 12.7. The Morgan fingerprint density at radius 3 is 2.21 bits per heavy atom. The van der Waals surface area contributed by atoms with Crippen molar-refractivity contribution in [3.8, 4) is 16.9 Å². The summed E-state index contributed by atoms with van der Waals surface area (Å²) in [5, 5.41) is 3.44. The van der Waals surface area contributed by atoms with Crippen LogP contribution in [0.2, 0.25) is 5.02 Å². The highest BCUT2D eigenvalue weighted by atomic mass is 35.5. The van der Waals surface area contributed by atoms with Gasteiger partial charge in [-0.1, -0.05) is 66.2 Å². The fourth-order valence-electron chi connectivity index (χ4n) is 4.83. The van der Waals surface area contributed by atoms with Gasteiger partial charge in [-0.25, -0.2) is 8.42 Å². The Labute approximate surface area is 249 Å². The van der Waals surface area contributed by atoms with Gasteiger partial charge in [-0.05, 0) is 64.7 Å². The predicted octanol–water partition coefficient (Wildman–Crippen LogP) is 5.04. The lowest BCUT2D eigenvalue weighted by Crippen LogP contribution is -2.48. The van der Waals surface area contributed by atoms with E-state index in [1.54, 1.807) is 72.8 Å². The number of nitrogens with zero attached hydrogens (tertiary/aromatic N) is 1. The Morgan fingerprint density at radius 2 is 1.55 bits per heavy atom. The molecule has 10 heteroatoms. The maximum absolute atomic E-state index is 13.9. The minimum Gasteiger partial charge on any atom is -0.492 e. The molecule has 0 fully saturated rings. The number of benzene rings is 4. The number of ether oxygens (including phenoxy) is 2. The van der Waals surface area contributed by atoms with Gasteiger partial charge in [0.25, 0.3) is 10.0 Å². The Balaban J connectivity index is 1.26. The van der Waals surface area contributed by atoms with Gasteiger partial charge in [0.2, 0.25) is 5.91 Å². The smallest absolute Gasteiger partial charge is 0.309 e. The number of methoxy groups -OCH3 is 1. The largest absolute Gasteiger partial charge is 0.492 e. The lowest BCUT2D eigenvalue weighted by atomic mass is 10.1. The molecule has 0 spiro atoms. The van der Waals surface area contributed by atoms with E-state index in [1.165, 1.54) is 11.4 Å². The quantitative estimate of drug-likeness (QED) is 0.201. The molecule has 0 aliphatic carbocycles. The molecule has 42 heavy (non-hydrogen) atoms. The molecule has 1 aliphatic rings. The Morgan fingerprint density at radius 1 is 0.905 bits per heavy atom. The summed E-state index contributed by atoms with van der Waals surface area (Å²) in [6.07, 6.45) is 0.426. The first kappa shape index (κ1) is 29.2. The van der Waals surface area contributed by atoms with E-state index in [-0.39, 0.29) is 36.9 Å². The van der Waals surface area contributed by atoms with Crippen molar-refractivity contribution in [3.05, 3.63) is 113 Å². The van der Waals surface area contributed by atoms with E-state index in [0.29, 0.717) is 16.5 Å². The van der Waals surface area contributed by atoms with Crippen molar-refractivity contribution in [1.82, 2.24) is 5.32 Å². The molecule has 4 aromatic rings. The van der Waals surface area contributed by atoms with Gasteiger partial charge in [-0.2, -0.15) is 0 Å². The van der Waals surface area contributed by atoms with Crippen LogP contribution in [0.3, 0.4) is 0 Å². The lowest BCUT2D eigenvalue weighted by molar-refractivity contribution is -0.139. The molecule has 8 nitrogen and oxygen atoms in total. The highest BCUT2D eigenvalue weighted by molar-refractivity contribution is 7.93. The third-order valence-corrected chi connectivity index (χ3v) is 9.08. The summed E-state index contributed by atoms with van der Waals surface area (Å²) in [4.78, 5) is 24.8. The summed E-state index contributed by atoms with van der Waals surface area (Å²) in [6, 6.07) is 27.1. The van der Waals surface area contributed by atoms with Crippen LogP contribution in [0, 0.1) is 0 Å². The van der Waals surface area contributed by atoms with E-state index in [2.05, 4.69) is 10.1 Å². The van der Waals surface area contributed by atoms with E-state index in [9.17, 15) is 18.0 Å². The Bertz CT molecular complexity index is 1670. The minimum atomic E-state index is -4.05. The van der Waals surface area contributed by atoms with Gasteiger partial charge in [0.05, 0.1) is 30.7 Å². The topological polar surface area (TPSA) is 102 Å². The van der Waals surface area contributed by atoms with E-state index < -0.39 is 22.0 Å². The van der Waals surface area contributed by atoms with Gasteiger partial charge in [0, 0.05) is 11.4 Å². The molecule has 1 N–H and O–H groups in total. The maximum Gasteiger partial charge on any atom is 0.309 e. The molecule has 1 aliphatic heterocycles. The number of carbonyl (C=O) groups is 2. The molecule has 0 saturated carbocycles. The number of rotatable bonds is 10. The normalized spacial score (nSPS) is 14.2. The molecule has 0 bridgehead atoms. The van der Waals surface area contributed by atoms with E-state index >= 15 is 0 Å². The molecule has 0 aromatic heterocycles. The van der Waals surface area contributed by atoms with Crippen LogP contribution in [0.5, 0.6) is 5.75 Å². The van der Waals surface area contributed by atoms with Crippen molar-refractivity contribution in [2.75, 3.05) is 24.6 Å². The number of esters is 1. The number of halogens is 1. The average molecular weight is 605 g/mol. The van der Waals surface area contributed by atoms with Crippen LogP contribution in [0.15, 0.2) is 102 Å². The van der Waals surface area contributed by atoms with Crippen molar-refractivity contribution in [2.45, 2.75) is 23.8 Å². The van der Waals surface area contributed by atoms with Crippen molar-refractivity contribution in [2.24, 2.45) is 0 Å². The van der Waals surface area contributed by atoms with Crippen LogP contribution >= 0.6 is 11.6 Å². The van der Waals surface area contributed by atoms with E-state index in [1.807, 2.05) is 24.3 Å². The van der Waals surface area contributed by atoms with Gasteiger partial charge in [-0.3, -0.25) is 13.9 Å². The number of nitrogens with one attached hydrogen (secondary N) is 1. The van der Waals surface area contributed by atoms with Crippen molar-refractivity contribution in [1.29, 1.82) is 0 Å². The van der Waals surface area contributed by atoms with E-state index in [0.717, 1.165) is 22.3 Å². The molecule has 0 unspecified atom stereocenters. The first-order chi connectivity index (χ1) is 20.3. The maximum atomic E-state index is 13.9. The standard InChI is InChI=1S/C32H29ClN2O6S/c1-40-31(36)20-22-6-14-27(15-7-22)41-19-18-34-32(37)30-21-25-4-2-3-5-29(25)35(30)42(38,39)28-16-10-24(11-17-28)23-8-12-26(33)13-9-23/h2-17,30H,18-21H2,1H3,(H,34,37)/t30-/m0/s1.